The van der Waals surface area contributed by atoms with E-state index in [1.165, 1.54) is 6.07 Å². The first kappa shape index (κ1) is 17.7. The van der Waals surface area contributed by atoms with E-state index in [0.29, 0.717) is 0 Å². The molecule has 0 aliphatic carbocycles. The van der Waals surface area contributed by atoms with Crippen LogP contribution in [0.25, 0.3) is 0 Å². The Labute approximate surface area is 115 Å². The second-order valence-corrected chi connectivity index (χ2v) is 4.05. The summed E-state index contributed by atoms with van der Waals surface area (Å²) < 4.78 is 62.4. The number of halogens is 8. The first-order valence-corrected chi connectivity index (χ1v) is 4.98. The van der Waals surface area contributed by atoms with Gasteiger partial charge in [0.05, 0.1) is 0 Å². The van der Waals surface area contributed by atoms with Gasteiger partial charge in [-0.1, -0.05) is 29.3 Å². The Hall–Kier alpha value is -0.300. The molecule has 0 aliphatic rings. The van der Waals surface area contributed by atoms with Crippen molar-refractivity contribution in [1.29, 1.82) is 0 Å². The molecule has 0 spiro atoms. The SMILES string of the molecule is Cl.N[C@H](c1c(Cl)cccc1Cl)C(F)(F)C(F)(F)F. The summed E-state index contributed by atoms with van der Waals surface area (Å²) in [6.45, 7) is 0. The summed E-state index contributed by atoms with van der Waals surface area (Å²) in [5.74, 6) is -5.11. The van der Waals surface area contributed by atoms with E-state index < -0.39 is 23.7 Å². The Morgan fingerprint density at radius 2 is 1.39 bits per heavy atom. The van der Waals surface area contributed by atoms with Gasteiger partial charge in [0.2, 0.25) is 0 Å². The Morgan fingerprint density at radius 3 is 1.72 bits per heavy atom. The average molecular weight is 331 g/mol. The number of nitrogens with two attached hydrogens (primary N) is 1. The van der Waals surface area contributed by atoms with E-state index in [0.717, 1.165) is 12.1 Å². The molecule has 9 heteroatoms. The first-order chi connectivity index (χ1) is 7.59. The highest BCUT2D eigenvalue weighted by molar-refractivity contribution is 6.36. The smallest absolute Gasteiger partial charge is 0.319 e. The molecule has 0 amide bonds. The minimum absolute atomic E-state index is 0. The highest BCUT2D eigenvalue weighted by Gasteiger charge is 2.62. The third kappa shape index (κ3) is 3.17. The summed E-state index contributed by atoms with van der Waals surface area (Å²) in [4.78, 5) is 0. The van der Waals surface area contributed by atoms with Crippen LogP contribution in [0.15, 0.2) is 18.2 Å². The van der Waals surface area contributed by atoms with Crippen molar-refractivity contribution in [2.75, 3.05) is 0 Å². The fourth-order valence-electron chi connectivity index (χ4n) is 1.17. The highest BCUT2D eigenvalue weighted by Crippen LogP contribution is 2.46. The van der Waals surface area contributed by atoms with Gasteiger partial charge in [0.15, 0.2) is 0 Å². The van der Waals surface area contributed by atoms with E-state index in [1.807, 2.05) is 0 Å². The van der Waals surface area contributed by atoms with Gasteiger partial charge in [0.25, 0.3) is 0 Å². The van der Waals surface area contributed by atoms with E-state index in [1.54, 1.807) is 0 Å². The lowest BCUT2D eigenvalue weighted by Gasteiger charge is -2.27. The third-order valence-corrected chi connectivity index (χ3v) is 2.74. The number of rotatable bonds is 2. The van der Waals surface area contributed by atoms with E-state index in [2.05, 4.69) is 0 Å². The van der Waals surface area contributed by atoms with Gasteiger partial charge in [-0.3, -0.25) is 0 Å². The molecule has 0 heterocycles. The maximum absolute atomic E-state index is 13.0. The van der Waals surface area contributed by atoms with Crippen molar-refractivity contribution in [3.8, 4) is 0 Å². The van der Waals surface area contributed by atoms with E-state index in [9.17, 15) is 22.0 Å². The number of alkyl halides is 5. The summed E-state index contributed by atoms with van der Waals surface area (Å²) in [5.41, 5.74) is 4.29. The Bertz CT molecular complexity index is 401. The Kier molecular flexibility index (Phi) is 5.68. The van der Waals surface area contributed by atoms with Crippen LogP contribution in [-0.4, -0.2) is 12.1 Å². The van der Waals surface area contributed by atoms with Crippen LogP contribution in [0, 0.1) is 0 Å². The van der Waals surface area contributed by atoms with Crippen LogP contribution in [0.4, 0.5) is 22.0 Å². The van der Waals surface area contributed by atoms with Crippen molar-refractivity contribution in [3.63, 3.8) is 0 Å². The summed E-state index contributed by atoms with van der Waals surface area (Å²) in [5, 5.41) is -0.678. The molecule has 1 aromatic rings. The van der Waals surface area contributed by atoms with E-state index in [4.69, 9.17) is 28.9 Å². The lowest BCUT2D eigenvalue weighted by molar-refractivity contribution is -0.290. The van der Waals surface area contributed by atoms with Gasteiger partial charge in [-0.25, -0.2) is 0 Å². The maximum Gasteiger partial charge on any atom is 0.455 e. The molecule has 1 aromatic carbocycles. The molecule has 0 unspecified atom stereocenters. The van der Waals surface area contributed by atoms with E-state index >= 15 is 0 Å². The lowest BCUT2D eigenvalue weighted by atomic mass is 10.0. The van der Waals surface area contributed by atoms with Crippen LogP contribution in [0.5, 0.6) is 0 Å². The van der Waals surface area contributed by atoms with Crippen LogP contribution in [0.3, 0.4) is 0 Å². The molecule has 0 saturated heterocycles. The van der Waals surface area contributed by atoms with Crippen molar-refractivity contribution in [2.45, 2.75) is 18.1 Å². The highest BCUT2D eigenvalue weighted by atomic mass is 35.5. The maximum atomic E-state index is 13.0. The Morgan fingerprint density at radius 1 is 1.00 bits per heavy atom. The molecule has 0 fully saturated rings. The van der Waals surface area contributed by atoms with Crippen molar-refractivity contribution in [3.05, 3.63) is 33.8 Å². The molecule has 18 heavy (non-hydrogen) atoms. The van der Waals surface area contributed by atoms with Gasteiger partial charge < -0.3 is 5.73 Å². The molecule has 0 aliphatic heterocycles. The summed E-state index contributed by atoms with van der Waals surface area (Å²) in [7, 11) is 0. The fourth-order valence-corrected chi connectivity index (χ4v) is 1.80. The molecule has 104 valence electrons. The minimum atomic E-state index is -5.77. The van der Waals surface area contributed by atoms with Gasteiger partial charge in [-0.05, 0) is 12.1 Å². The molecule has 0 bridgehead atoms. The zero-order chi connectivity index (χ0) is 13.4. The predicted molar refractivity (Wildman–Crippen MR) is 61.6 cm³/mol. The monoisotopic (exact) mass is 329 g/mol. The molecular weight excluding hydrogens is 323 g/mol. The largest absolute Gasteiger partial charge is 0.455 e. The zero-order valence-corrected chi connectivity index (χ0v) is 10.8. The minimum Gasteiger partial charge on any atom is -0.319 e. The van der Waals surface area contributed by atoms with Crippen LogP contribution >= 0.6 is 35.6 Å². The van der Waals surface area contributed by atoms with Crippen LogP contribution in [0.1, 0.15) is 11.6 Å². The van der Waals surface area contributed by atoms with Crippen molar-refractivity contribution < 1.29 is 22.0 Å². The Balaban J connectivity index is 0.00000289. The van der Waals surface area contributed by atoms with E-state index in [-0.39, 0.29) is 22.5 Å². The molecule has 1 atom stereocenters. The molecule has 1 nitrogen and oxygen atoms in total. The summed E-state index contributed by atoms with van der Waals surface area (Å²) in [6.07, 6.45) is -5.77. The van der Waals surface area contributed by atoms with Crippen molar-refractivity contribution in [2.24, 2.45) is 5.73 Å². The second-order valence-electron chi connectivity index (χ2n) is 3.23. The molecule has 1 rings (SSSR count). The van der Waals surface area contributed by atoms with Gasteiger partial charge in [0, 0.05) is 15.6 Å². The number of hydrogen-bond donors (Lipinski definition) is 1. The van der Waals surface area contributed by atoms with Crippen LogP contribution in [0.2, 0.25) is 10.0 Å². The summed E-state index contributed by atoms with van der Waals surface area (Å²) in [6, 6.07) is 0.931. The quantitative estimate of drug-likeness (QED) is 0.787. The van der Waals surface area contributed by atoms with Gasteiger partial charge >= 0.3 is 12.1 Å². The van der Waals surface area contributed by atoms with Gasteiger partial charge in [0.1, 0.15) is 6.04 Å². The molecule has 0 saturated carbocycles. The molecule has 0 aromatic heterocycles. The lowest BCUT2D eigenvalue weighted by Crippen LogP contribution is -2.46. The fraction of sp³-hybridized carbons (Fsp3) is 0.333. The summed E-state index contributed by atoms with van der Waals surface area (Å²) >= 11 is 11.0. The topological polar surface area (TPSA) is 26.0 Å². The average Bonchev–Trinajstić information content (AvgIpc) is 2.15. The number of hydrogen-bond acceptors (Lipinski definition) is 1. The normalized spacial score (nSPS) is 14.0. The van der Waals surface area contributed by atoms with Crippen LogP contribution < -0.4 is 5.73 Å². The van der Waals surface area contributed by atoms with Crippen molar-refractivity contribution >= 4 is 35.6 Å². The predicted octanol–water partition coefficient (Wildman–Crippen LogP) is 4.61. The standard InChI is InChI=1S/C9H6Cl2F5N.ClH/c10-4-2-1-3-5(11)6(4)7(17)8(12,13)9(14,15)16;/h1-3,7H,17H2;1H/t7-;/m1./s1. The molecule has 0 radical (unpaired) electrons. The number of benzene rings is 1. The van der Waals surface area contributed by atoms with Crippen LogP contribution in [-0.2, 0) is 0 Å². The zero-order valence-electron chi connectivity index (χ0n) is 8.44. The molecular formula is C9H7Cl3F5N. The van der Waals surface area contributed by atoms with Gasteiger partial charge in [-0.2, -0.15) is 22.0 Å². The molecule has 2 N–H and O–H groups in total. The second kappa shape index (κ2) is 5.77. The van der Waals surface area contributed by atoms with Crippen molar-refractivity contribution in [1.82, 2.24) is 0 Å². The van der Waals surface area contributed by atoms with Gasteiger partial charge in [-0.15, -0.1) is 12.4 Å². The first-order valence-electron chi connectivity index (χ1n) is 4.23. The third-order valence-electron chi connectivity index (χ3n) is 2.08.